The molecule has 1 fully saturated rings. The highest BCUT2D eigenvalue weighted by Crippen LogP contribution is 2.37. The van der Waals surface area contributed by atoms with Crippen molar-refractivity contribution in [2.75, 3.05) is 13.2 Å². The fourth-order valence-corrected chi connectivity index (χ4v) is 4.13. The van der Waals surface area contributed by atoms with Crippen LogP contribution in [0.3, 0.4) is 0 Å². The maximum absolute atomic E-state index is 12.1. The first-order valence-electron chi connectivity index (χ1n) is 7.93. The van der Waals surface area contributed by atoms with Crippen LogP contribution in [0.2, 0.25) is 0 Å². The highest BCUT2D eigenvalue weighted by molar-refractivity contribution is 9.09. The minimum Gasteiger partial charge on any atom is -0.491 e. The molecule has 1 N–H and O–H groups in total. The molecule has 0 spiro atoms. The molecule has 114 valence electrons. The van der Waals surface area contributed by atoms with Gasteiger partial charge in [0, 0.05) is 4.83 Å². The third-order valence-electron chi connectivity index (χ3n) is 4.52. The molecule has 2 aliphatic rings. The number of rotatable bonds is 3. The number of carbonyl (C=O) groups is 1. The third kappa shape index (κ3) is 3.60. The molecule has 0 aromatic heterocycles. The number of alkyl halides is 1. The molecule has 4 heteroatoms. The van der Waals surface area contributed by atoms with E-state index in [0.29, 0.717) is 29.3 Å². The van der Waals surface area contributed by atoms with Gasteiger partial charge in [0.25, 0.3) is 5.91 Å². The van der Waals surface area contributed by atoms with Crippen LogP contribution >= 0.6 is 15.9 Å². The summed E-state index contributed by atoms with van der Waals surface area (Å²) in [5.41, 5.74) is 1.85. The molecular weight excluding hydrogens is 330 g/mol. The topological polar surface area (TPSA) is 38.3 Å². The number of nitrogens with one attached hydrogen (secondary N) is 1. The van der Waals surface area contributed by atoms with Gasteiger partial charge in [-0.3, -0.25) is 4.79 Å². The molecule has 0 saturated heterocycles. The fraction of sp³-hybridized carbons (Fsp3) is 0.588. The Hall–Kier alpha value is -1.03. The molecule has 1 heterocycles. The van der Waals surface area contributed by atoms with E-state index in [9.17, 15) is 4.79 Å². The zero-order chi connectivity index (χ0) is 14.7. The predicted octanol–water partition coefficient (Wildman–Crippen LogP) is 4.22. The number of halogens is 1. The molecule has 0 bridgehead atoms. The second kappa shape index (κ2) is 6.82. The van der Waals surface area contributed by atoms with Gasteiger partial charge in [-0.25, -0.2) is 0 Å². The highest BCUT2D eigenvalue weighted by atomic mass is 79.9. The Labute approximate surface area is 134 Å². The molecule has 3 nitrogen and oxygen atoms in total. The quantitative estimate of drug-likeness (QED) is 0.828. The van der Waals surface area contributed by atoms with Crippen molar-refractivity contribution < 1.29 is 9.53 Å². The summed E-state index contributed by atoms with van der Waals surface area (Å²) >= 11 is 3.82. The number of fused-ring (bicyclic) bond motifs is 1. The van der Waals surface area contributed by atoms with Crippen molar-refractivity contribution in [3.63, 3.8) is 0 Å². The number of ether oxygens (including phenoxy) is 1. The average molecular weight is 352 g/mol. The largest absolute Gasteiger partial charge is 0.491 e. The lowest BCUT2D eigenvalue weighted by atomic mass is 9.85. The Bertz CT molecular complexity index is 512. The zero-order valence-corrected chi connectivity index (χ0v) is 13.8. The average Bonchev–Trinajstić information content (AvgIpc) is 2.70. The molecule has 1 saturated carbocycles. The van der Waals surface area contributed by atoms with Crippen LogP contribution in [0.15, 0.2) is 18.2 Å². The monoisotopic (exact) mass is 351 g/mol. The van der Waals surface area contributed by atoms with Gasteiger partial charge in [0.15, 0.2) is 0 Å². The van der Waals surface area contributed by atoms with Gasteiger partial charge < -0.3 is 10.1 Å². The zero-order valence-electron chi connectivity index (χ0n) is 12.2. The van der Waals surface area contributed by atoms with Crippen molar-refractivity contribution in [1.29, 1.82) is 0 Å². The van der Waals surface area contributed by atoms with E-state index in [1.54, 1.807) is 0 Å². The summed E-state index contributed by atoms with van der Waals surface area (Å²) in [4.78, 5) is 12.4. The summed E-state index contributed by atoms with van der Waals surface area (Å²) < 4.78 is 5.60. The van der Waals surface area contributed by atoms with E-state index in [4.69, 9.17) is 4.74 Å². The minimum atomic E-state index is -0.0262. The van der Waals surface area contributed by atoms with Crippen molar-refractivity contribution in [2.45, 2.75) is 43.4 Å². The van der Waals surface area contributed by atoms with E-state index >= 15 is 0 Å². The summed E-state index contributed by atoms with van der Waals surface area (Å²) in [5, 5.41) is 2.87. The lowest BCUT2D eigenvalue weighted by Gasteiger charge is -2.24. The van der Waals surface area contributed by atoms with E-state index in [2.05, 4.69) is 27.3 Å². The summed E-state index contributed by atoms with van der Waals surface area (Å²) in [6.45, 7) is 1.11. The summed E-state index contributed by atoms with van der Waals surface area (Å²) in [6, 6.07) is 6.00. The van der Waals surface area contributed by atoms with Crippen molar-refractivity contribution in [2.24, 2.45) is 5.92 Å². The van der Waals surface area contributed by atoms with Gasteiger partial charge >= 0.3 is 0 Å². The van der Waals surface area contributed by atoms with Crippen molar-refractivity contribution in [3.05, 3.63) is 29.3 Å². The molecular formula is C17H22BrNO2. The summed E-state index contributed by atoms with van der Waals surface area (Å²) in [7, 11) is 0. The van der Waals surface area contributed by atoms with Gasteiger partial charge in [-0.05, 0) is 30.0 Å². The van der Waals surface area contributed by atoms with Crippen molar-refractivity contribution in [3.8, 4) is 5.75 Å². The number of benzene rings is 1. The molecule has 1 aromatic rings. The van der Waals surface area contributed by atoms with Crippen LogP contribution in [0.5, 0.6) is 5.75 Å². The summed E-state index contributed by atoms with van der Waals surface area (Å²) in [6.07, 6.45) is 7.96. The SMILES string of the molecule is O=C1NCCOc2ccc(C(Br)CC3CCCCC3)cc21. The van der Waals surface area contributed by atoms with E-state index in [-0.39, 0.29) is 5.91 Å². The Balaban J connectivity index is 1.74. The number of hydrogen-bond donors (Lipinski definition) is 1. The maximum atomic E-state index is 12.1. The highest BCUT2D eigenvalue weighted by Gasteiger charge is 2.21. The van der Waals surface area contributed by atoms with Gasteiger partial charge in [-0.15, -0.1) is 0 Å². The Morgan fingerprint density at radius 3 is 2.90 bits per heavy atom. The van der Waals surface area contributed by atoms with E-state index in [1.165, 1.54) is 37.7 Å². The van der Waals surface area contributed by atoms with Crippen molar-refractivity contribution >= 4 is 21.8 Å². The normalized spacial score (nSPS) is 20.9. The van der Waals surface area contributed by atoms with Gasteiger partial charge in [0.2, 0.25) is 0 Å². The second-order valence-electron chi connectivity index (χ2n) is 6.07. The molecule has 1 atom stereocenters. The number of carbonyl (C=O) groups excluding carboxylic acids is 1. The molecule has 1 unspecified atom stereocenters. The fourth-order valence-electron chi connectivity index (χ4n) is 3.32. The standard InChI is InChI=1S/C17H22BrNO2/c18-15(10-12-4-2-1-3-5-12)13-6-7-16-14(11-13)17(20)19-8-9-21-16/h6-7,11-12,15H,1-5,8-10H2,(H,19,20). The van der Waals surface area contributed by atoms with E-state index in [0.717, 1.165) is 12.3 Å². The lowest BCUT2D eigenvalue weighted by molar-refractivity contribution is 0.0957. The molecule has 1 aromatic carbocycles. The lowest BCUT2D eigenvalue weighted by Crippen LogP contribution is -2.24. The number of amides is 1. The molecule has 1 amide bonds. The van der Waals surface area contributed by atoms with Crippen LogP contribution in [0.4, 0.5) is 0 Å². The van der Waals surface area contributed by atoms with Crippen LogP contribution in [0.25, 0.3) is 0 Å². The first kappa shape index (κ1) is 14.9. The number of hydrogen-bond acceptors (Lipinski definition) is 2. The maximum Gasteiger partial charge on any atom is 0.255 e. The van der Waals surface area contributed by atoms with Gasteiger partial charge in [-0.2, -0.15) is 0 Å². The summed E-state index contributed by atoms with van der Waals surface area (Å²) in [5.74, 6) is 1.49. The first-order valence-corrected chi connectivity index (χ1v) is 8.84. The minimum absolute atomic E-state index is 0.0262. The predicted molar refractivity (Wildman–Crippen MR) is 87.1 cm³/mol. The Morgan fingerprint density at radius 1 is 1.29 bits per heavy atom. The first-order chi connectivity index (χ1) is 10.2. The second-order valence-corrected chi connectivity index (χ2v) is 7.17. The van der Waals surface area contributed by atoms with Crippen LogP contribution in [0, 0.1) is 5.92 Å². The van der Waals surface area contributed by atoms with Gasteiger partial charge in [-0.1, -0.05) is 54.1 Å². The van der Waals surface area contributed by atoms with Crippen LogP contribution in [0.1, 0.15) is 59.3 Å². The van der Waals surface area contributed by atoms with Gasteiger partial charge in [0.05, 0.1) is 12.1 Å². The van der Waals surface area contributed by atoms with Crippen molar-refractivity contribution in [1.82, 2.24) is 5.32 Å². The van der Waals surface area contributed by atoms with E-state index < -0.39 is 0 Å². The molecule has 1 aliphatic heterocycles. The van der Waals surface area contributed by atoms with Crippen LogP contribution < -0.4 is 10.1 Å². The van der Waals surface area contributed by atoms with E-state index in [1.807, 2.05) is 12.1 Å². The van der Waals surface area contributed by atoms with Crippen LogP contribution in [-0.2, 0) is 0 Å². The molecule has 1 aliphatic carbocycles. The Kier molecular flexibility index (Phi) is 4.84. The molecule has 3 rings (SSSR count). The molecule has 21 heavy (non-hydrogen) atoms. The van der Waals surface area contributed by atoms with Gasteiger partial charge in [0.1, 0.15) is 12.4 Å². The van der Waals surface area contributed by atoms with Crippen LogP contribution in [-0.4, -0.2) is 19.1 Å². The third-order valence-corrected chi connectivity index (χ3v) is 5.42. The smallest absolute Gasteiger partial charge is 0.255 e. The Morgan fingerprint density at radius 2 is 2.10 bits per heavy atom. The molecule has 0 radical (unpaired) electrons.